The van der Waals surface area contributed by atoms with Gasteiger partial charge in [-0.3, -0.25) is 0 Å². The predicted molar refractivity (Wildman–Crippen MR) is 105 cm³/mol. The lowest BCUT2D eigenvalue weighted by atomic mass is 10.1. The third-order valence-electron chi connectivity index (χ3n) is 4.16. The van der Waals surface area contributed by atoms with Crippen LogP contribution in [0.3, 0.4) is 0 Å². The normalized spacial score (nSPS) is 11.0. The van der Waals surface area contributed by atoms with Gasteiger partial charge in [-0.25, -0.2) is 4.79 Å². The second-order valence-electron chi connectivity index (χ2n) is 6.02. The smallest absolute Gasteiger partial charge is 0.338 e. The van der Waals surface area contributed by atoms with Crippen LogP contribution in [0.5, 0.6) is 5.75 Å². The third-order valence-corrected chi connectivity index (χ3v) is 4.16. The summed E-state index contributed by atoms with van der Waals surface area (Å²) in [5.74, 6) is 0.581. The molecular weight excluding hydrogens is 324 g/mol. The summed E-state index contributed by atoms with van der Waals surface area (Å²) in [5, 5.41) is 2.16. The highest BCUT2D eigenvalue weighted by molar-refractivity contribution is 5.95. The Morgan fingerprint density at radius 1 is 0.962 bits per heavy atom. The average molecular weight is 346 g/mol. The summed E-state index contributed by atoms with van der Waals surface area (Å²) in [5.41, 5.74) is 1.72. The Morgan fingerprint density at radius 2 is 1.73 bits per heavy atom. The fourth-order valence-corrected chi connectivity index (χ4v) is 2.70. The van der Waals surface area contributed by atoms with Gasteiger partial charge in [0.1, 0.15) is 5.75 Å². The number of unbranched alkanes of at least 4 members (excludes halogenated alkanes) is 1. The average Bonchev–Trinajstić information content (AvgIpc) is 2.70. The molecule has 0 radical (unpaired) electrons. The van der Waals surface area contributed by atoms with Gasteiger partial charge in [-0.15, -0.1) is 0 Å². The molecule has 0 aliphatic heterocycles. The molecule has 0 heterocycles. The molecule has 0 amide bonds. The van der Waals surface area contributed by atoms with Gasteiger partial charge >= 0.3 is 5.97 Å². The van der Waals surface area contributed by atoms with E-state index in [4.69, 9.17) is 9.47 Å². The molecule has 3 nitrogen and oxygen atoms in total. The minimum absolute atomic E-state index is 0.269. The van der Waals surface area contributed by atoms with E-state index in [1.165, 1.54) is 0 Å². The molecule has 3 heteroatoms. The van der Waals surface area contributed by atoms with Gasteiger partial charge in [0.15, 0.2) is 0 Å². The quantitative estimate of drug-likeness (QED) is 0.419. The van der Waals surface area contributed by atoms with Crippen molar-refractivity contribution in [3.8, 4) is 5.75 Å². The number of carbonyl (C=O) groups excluding carboxylic acids is 1. The Balaban J connectivity index is 1.43. The van der Waals surface area contributed by atoms with Crippen molar-refractivity contribution in [2.75, 3.05) is 13.7 Å². The number of hydrogen-bond acceptors (Lipinski definition) is 3. The summed E-state index contributed by atoms with van der Waals surface area (Å²) >= 11 is 0. The van der Waals surface area contributed by atoms with Gasteiger partial charge in [0, 0.05) is 0 Å². The van der Waals surface area contributed by atoms with E-state index >= 15 is 0 Å². The summed E-state index contributed by atoms with van der Waals surface area (Å²) < 4.78 is 10.5. The molecule has 3 rings (SSSR count). The van der Waals surface area contributed by atoms with Crippen LogP contribution in [0, 0.1) is 0 Å². The molecule has 0 unspecified atom stereocenters. The van der Waals surface area contributed by atoms with Crippen molar-refractivity contribution < 1.29 is 14.3 Å². The van der Waals surface area contributed by atoms with E-state index in [0.29, 0.717) is 12.2 Å². The predicted octanol–water partition coefficient (Wildman–Crippen LogP) is 5.50. The minimum Gasteiger partial charge on any atom is -0.497 e. The van der Waals surface area contributed by atoms with Crippen molar-refractivity contribution in [3.63, 3.8) is 0 Å². The number of hydrogen-bond donors (Lipinski definition) is 0. The summed E-state index contributed by atoms with van der Waals surface area (Å²) in [6.45, 7) is 0.415. The number of rotatable bonds is 7. The van der Waals surface area contributed by atoms with E-state index in [9.17, 15) is 4.79 Å². The highest BCUT2D eigenvalue weighted by Gasteiger charge is 2.07. The van der Waals surface area contributed by atoms with Gasteiger partial charge in [0.25, 0.3) is 0 Å². The van der Waals surface area contributed by atoms with E-state index in [0.717, 1.165) is 34.9 Å². The summed E-state index contributed by atoms with van der Waals surface area (Å²) in [6, 6.07) is 21.5. The van der Waals surface area contributed by atoms with Crippen LogP contribution < -0.4 is 4.74 Å². The lowest BCUT2D eigenvalue weighted by Crippen LogP contribution is -2.06. The largest absolute Gasteiger partial charge is 0.497 e. The lowest BCUT2D eigenvalue weighted by Gasteiger charge is -2.05. The molecule has 0 spiro atoms. The summed E-state index contributed by atoms with van der Waals surface area (Å²) in [7, 11) is 1.66. The number of carbonyl (C=O) groups is 1. The van der Waals surface area contributed by atoms with E-state index in [1.54, 1.807) is 7.11 Å². The maximum Gasteiger partial charge on any atom is 0.338 e. The number of allylic oxidation sites excluding steroid dienone is 1. The van der Waals surface area contributed by atoms with Crippen LogP contribution in [-0.4, -0.2) is 19.7 Å². The number of methoxy groups -OCH3 is 1. The van der Waals surface area contributed by atoms with Gasteiger partial charge < -0.3 is 9.47 Å². The van der Waals surface area contributed by atoms with Crippen LogP contribution in [0.2, 0.25) is 0 Å². The van der Waals surface area contributed by atoms with Crippen LogP contribution in [0.25, 0.3) is 16.8 Å². The van der Waals surface area contributed by atoms with Crippen LogP contribution in [0.15, 0.2) is 72.8 Å². The number of fused-ring (bicyclic) bond motifs is 1. The maximum atomic E-state index is 12.2. The molecule has 132 valence electrons. The summed E-state index contributed by atoms with van der Waals surface area (Å²) in [4.78, 5) is 12.2. The molecule has 3 aromatic rings. The summed E-state index contributed by atoms with van der Waals surface area (Å²) in [6.07, 6.45) is 5.80. The molecule has 0 aromatic heterocycles. The Hall–Kier alpha value is -3.07. The zero-order chi connectivity index (χ0) is 18.2. The molecule has 0 saturated heterocycles. The highest BCUT2D eigenvalue weighted by Crippen LogP contribution is 2.16. The second-order valence-corrected chi connectivity index (χ2v) is 6.02. The zero-order valence-electron chi connectivity index (χ0n) is 14.9. The number of benzene rings is 3. The molecule has 3 aromatic carbocycles. The lowest BCUT2D eigenvalue weighted by molar-refractivity contribution is 0.0501. The minimum atomic E-state index is -0.269. The molecule has 0 aliphatic rings. The topological polar surface area (TPSA) is 35.5 Å². The first-order valence-corrected chi connectivity index (χ1v) is 8.73. The number of ether oxygens (including phenoxy) is 2. The van der Waals surface area contributed by atoms with E-state index in [-0.39, 0.29) is 5.97 Å². The Kier molecular flexibility index (Phi) is 6.05. The van der Waals surface area contributed by atoms with Crippen LogP contribution in [0.4, 0.5) is 0 Å². The Labute approximate surface area is 153 Å². The van der Waals surface area contributed by atoms with Gasteiger partial charge in [-0.05, 0) is 53.4 Å². The van der Waals surface area contributed by atoms with Crippen molar-refractivity contribution in [1.29, 1.82) is 0 Å². The first-order valence-electron chi connectivity index (χ1n) is 8.73. The maximum absolute atomic E-state index is 12.2. The van der Waals surface area contributed by atoms with Crippen molar-refractivity contribution in [2.24, 2.45) is 0 Å². The van der Waals surface area contributed by atoms with Gasteiger partial charge in [-0.2, -0.15) is 0 Å². The fraction of sp³-hybridized carbons (Fsp3) is 0.174. The molecule has 0 fully saturated rings. The second kappa shape index (κ2) is 8.86. The first kappa shape index (κ1) is 17.7. The van der Waals surface area contributed by atoms with Gasteiger partial charge in [0.05, 0.1) is 19.3 Å². The monoisotopic (exact) mass is 346 g/mol. The van der Waals surface area contributed by atoms with Crippen LogP contribution in [0.1, 0.15) is 28.8 Å². The van der Waals surface area contributed by atoms with Crippen molar-refractivity contribution in [2.45, 2.75) is 12.8 Å². The molecule has 0 N–H and O–H groups in total. The SMILES string of the molecule is COc1ccc(/C=C/CCCOC(=O)c2ccc3ccccc3c2)cc1. The van der Waals surface area contributed by atoms with Crippen molar-refractivity contribution in [1.82, 2.24) is 0 Å². The molecule has 26 heavy (non-hydrogen) atoms. The van der Waals surface area contributed by atoms with Crippen molar-refractivity contribution in [3.05, 3.63) is 83.9 Å². The standard InChI is InChI=1S/C23H22O3/c1-25-22-14-10-18(11-15-22)7-3-2-6-16-26-23(24)21-13-12-19-8-4-5-9-20(19)17-21/h3-5,7-15,17H,2,6,16H2,1H3/b7-3+. The third kappa shape index (κ3) is 4.73. The zero-order valence-corrected chi connectivity index (χ0v) is 14.9. The molecular formula is C23H22O3. The molecule has 0 atom stereocenters. The van der Waals surface area contributed by atoms with E-state index in [2.05, 4.69) is 12.2 Å². The van der Waals surface area contributed by atoms with Gasteiger partial charge in [-0.1, -0.05) is 54.6 Å². The number of esters is 1. The van der Waals surface area contributed by atoms with Crippen LogP contribution >= 0.6 is 0 Å². The Bertz CT molecular complexity index is 895. The fourth-order valence-electron chi connectivity index (χ4n) is 2.70. The van der Waals surface area contributed by atoms with Crippen molar-refractivity contribution >= 4 is 22.8 Å². The molecule has 0 aliphatic carbocycles. The van der Waals surface area contributed by atoms with E-state index in [1.807, 2.05) is 66.7 Å². The van der Waals surface area contributed by atoms with Crippen LogP contribution in [-0.2, 0) is 4.74 Å². The van der Waals surface area contributed by atoms with E-state index < -0.39 is 0 Å². The van der Waals surface area contributed by atoms with Gasteiger partial charge in [0.2, 0.25) is 0 Å². The Morgan fingerprint density at radius 3 is 2.50 bits per heavy atom. The first-order chi connectivity index (χ1) is 12.8. The molecule has 0 saturated carbocycles. The molecule has 0 bridgehead atoms. The highest BCUT2D eigenvalue weighted by atomic mass is 16.5.